The molecule has 1 atom stereocenters. The highest BCUT2D eigenvalue weighted by molar-refractivity contribution is 7.12. The van der Waals surface area contributed by atoms with Gasteiger partial charge in [-0.05, 0) is 37.7 Å². The average Bonchev–Trinajstić information content (AvgIpc) is 3.10. The van der Waals surface area contributed by atoms with Crippen LogP contribution in [0.1, 0.15) is 28.5 Å². The van der Waals surface area contributed by atoms with Gasteiger partial charge in [-0.15, -0.1) is 11.3 Å². The number of likely N-dealkylation sites (N-methyl/N-ethyl adjacent to an activating group) is 1. The van der Waals surface area contributed by atoms with Gasteiger partial charge < -0.3 is 9.88 Å². The molecule has 0 bridgehead atoms. The summed E-state index contributed by atoms with van der Waals surface area (Å²) in [4.78, 5) is 7.61. The minimum absolute atomic E-state index is 0.325. The Kier molecular flexibility index (Phi) is 4.08. The predicted octanol–water partition coefficient (Wildman–Crippen LogP) is 3.70. The van der Waals surface area contributed by atoms with Crippen molar-refractivity contribution in [2.75, 3.05) is 7.05 Å². The van der Waals surface area contributed by atoms with Crippen molar-refractivity contribution in [2.24, 2.45) is 7.05 Å². The first kappa shape index (κ1) is 14.3. The fraction of sp³-hybridized carbons (Fsp3) is 0.353. The quantitative estimate of drug-likeness (QED) is 0.778. The normalized spacial score (nSPS) is 12.9. The maximum atomic E-state index is 4.78. The summed E-state index contributed by atoms with van der Waals surface area (Å²) in [5.41, 5.74) is 2.27. The Balaban J connectivity index is 1.90. The van der Waals surface area contributed by atoms with E-state index < -0.39 is 0 Å². The van der Waals surface area contributed by atoms with Crippen LogP contribution < -0.4 is 5.32 Å². The lowest BCUT2D eigenvalue weighted by Crippen LogP contribution is -2.19. The molecule has 0 saturated heterocycles. The number of aromatic nitrogens is 2. The molecule has 0 spiro atoms. The molecule has 0 aliphatic heterocycles. The van der Waals surface area contributed by atoms with Crippen molar-refractivity contribution in [1.29, 1.82) is 0 Å². The van der Waals surface area contributed by atoms with Crippen LogP contribution in [0.5, 0.6) is 0 Å². The Morgan fingerprint density at radius 1 is 1.24 bits per heavy atom. The lowest BCUT2D eigenvalue weighted by atomic mass is 10.1. The maximum absolute atomic E-state index is 4.78. The number of nitrogens with zero attached hydrogens (tertiary/aromatic N) is 2. The summed E-state index contributed by atoms with van der Waals surface area (Å²) in [6, 6.07) is 13.1. The number of para-hydroxylation sites is 2. The lowest BCUT2D eigenvalue weighted by molar-refractivity contribution is 0.574. The average molecular weight is 299 g/mol. The van der Waals surface area contributed by atoms with Crippen molar-refractivity contribution in [2.45, 2.75) is 25.8 Å². The Morgan fingerprint density at radius 3 is 2.71 bits per heavy atom. The summed E-state index contributed by atoms with van der Waals surface area (Å²) in [5.74, 6) is 1.13. The van der Waals surface area contributed by atoms with Crippen LogP contribution >= 0.6 is 11.3 Å². The SMILES string of the molecule is CCc1ccc(C(Cc2nc3ccccc3n2C)NC)s1. The van der Waals surface area contributed by atoms with Crippen LogP contribution in [-0.2, 0) is 19.9 Å². The molecule has 4 heteroatoms. The topological polar surface area (TPSA) is 29.9 Å². The fourth-order valence-electron chi connectivity index (χ4n) is 2.68. The molecule has 0 aliphatic rings. The minimum atomic E-state index is 0.325. The molecule has 3 aromatic rings. The summed E-state index contributed by atoms with van der Waals surface area (Å²) in [7, 11) is 4.13. The number of nitrogens with one attached hydrogen (secondary N) is 1. The van der Waals surface area contributed by atoms with Crippen molar-refractivity contribution in [3.05, 3.63) is 52.0 Å². The first-order valence-electron chi connectivity index (χ1n) is 7.39. The highest BCUT2D eigenvalue weighted by atomic mass is 32.1. The smallest absolute Gasteiger partial charge is 0.111 e. The molecule has 110 valence electrons. The molecule has 21 heavy (non-hydrogen) atoms. The molecule has 1 unspecified atom stereocenters. The number of aryl methyl sites for hydroxylation is 2. The number of hydrogen-bond donors (Lipinski definition) is 1. The van der Waals surface area contributed by atoms with E-state index in [-0.39, 0.29) is 0 Å². The Bertz CT molecular complexity index is 741. The maximum Gasteiger partial charge on any atom is 0.111 e. The van der Waals surface area contributed by atoms with Crippen molar-refractivity contribution in [3.63, 3.8) is 0 Å². The Labute approximate surface area is 129 Å². The highest BCUT2D eigenvalue weighted by Crippen LogP contribution is 2.27. The van der Waals surface area contributed by atoms with Crippen LogP contribution in [0.2, 0.25) is 0 Å². The predicted molar refractivity (Wildman–Crippen MR) is 89.9 cm³/mol. The zero-order chi connectivity index (χ0) is 14.8. The minimum Gasteiger partial charge on any atom is -0.331 e. The van der Waals surface area contributed by atoms with Gasteiger partial charge in [-0.2, -0.15) is 0 Å². The molecule has 2 aromatic heterocycles. The van der Waals surface area contributed by atoms with Gasteiger partial charge in [0.25, 0.3) is 0 Å². The van der Waals surface area contributed by atoms with Crippen LogP contribution in [-0.4, -0.2) is 16.6 Å². The van der Waals surface area contributed by atoms with Gasteiger partial charge in [0, 0.05) is 29.3 Å². The molecule has 3 nitrogen and oxygen atoms in total. The van der Waals surface area contributed by atoms with E-state index in [0.717, 1.165) is 24.2 Å². The molecule has 2 heterocycles. The van der Waals surface area contributed by atoms with Gasteiger partial charge in [-0.25, -0.2) is 4.98 Å². The first-order valence-corrected chi connectivity index (χ1v) is 8.20. The van der Waals surface area contributed by atoms with Gasteiger partial charge in [0.2, 0.25) is 0 Å². The second-order valence-electron chi connectivity index (χ2n) is 5.28. The van der Waals surface area contributed by atoms with Crippen molar-refractivity contribution >= 4 is 22.4 Å². The van der Waals surface area contributed by atoms with Crippen LogP contribution in [0, 0.1) is 0 Å². The summed E-state index contributed by atoms with van der Waals surface area (Å²) in [5, 5.41) is 3.43. The third-order valence-electron chi connectivity index (χ3n) is 3.99. The molecule has 1 N–H and O–H groups in total. The van der Waals surface area contributed by atoms with Crippen LogP contribution in [0.15, 0.2) is 36.4 Å². The highest BCUT2D eigenvalue weighted by Gasteiger charge is 2.16. The molecule has 0 amide bonds. The van der Waals surface area contributed by atoms with E-state index in [2.05, 4.69) is 54.2 Å². The third kappa shape index (κ3) is 2.74. The van der Waals surface area contributed by atoms with E-state index in [4.69, 9.17) is 4.98 Å². The standard InChI is InChI=1S/C17H21N3S/c1-4-12-9-10-16(21-12)14(18-2)11-17-19-13-7-5-6-8-15(13)20(17)3/h5-10,14,18H,4,11H2,1-3H3. The zero-order valence-electron chi connectivity index (χ0n) is 12.8. The second-order valence-corrected chi connectivity index (χ2v) is 6.48. The monoisotopic (exact) mass is 299 g/mol. The lowest BCUT2D eigenvalue weighted by Gasteiger charge is -2.14. The van der Waals surface area contributed by atoms with Gasteiger partial charge in [0.15, 0.2) is 0 Å². The first-order chi connectivity index (χ1) is 10.2. The number of rotatable bonds is 5. The molecular weight excluding hydrogens is 278 g/mol. The zero-order valence-corrected chi connectivity index (χ0v) is 13.6. The second kappa shape index (κ2) is 6.00. The van der Waals surface area contributed by atoms with E-state index in [1.54, 1.807) is 0 Å². The Morgan fingerprint density at radius 2 is 2.05 bits per heavy atom. The summed E-state index contributed by atoms with van der Waals surface area (Å²) in [6.07, 6.45) is 2.01. The van der Waals surface area contributed by atoms with Crippen LogP contribution in [0.3, 0.4) is 0 Å². The van der Waals surface area contributed by atoms with Gasteiger partial charge in [0.05, 0.1) is 11.0 Å². The van der Waals surface area contributed by atoms with Crippen LogP contribution in [0.25, 0.3) is 11.0 Å². The van der Waals surface area contributed by atoms with E-state index in [0.29, 0.717) is 6.04 Å². The number of imidazole rings is 1. The molecule has 0 radical (unpaired) electrons. The molecule has 0 saturated carbocycles. The van der Waals surface area contributed by atoms with Gasteiger partial charge in [-0.3, -0.25) is 0 Å². The largest absolute Gasteiger partial charge is 0.331 e. The van der Waals surface area contributed by atoms with Crippen molar-refractivity contribution in [1.82, 2.24) is 14.9 Å². The third-order valence-corrected chi connectivity index (χ3v) is 5.33. The molecule has 0 aliphatic carbocycles. The van der Waals surface area contributed by atoms with Crippen molar-refractivity contribution in [3.8, 4) is 0 Å². The summed E-state index contributed by atoms with van der Waals surface area (Å²) >= 11 is 1.90. The van der Waals surface area contributed by atoms with E-state index in [1.807, 2.05) is 24.5 Å². The number of hydrogen-bond acceptors (Lipinski definition) is 3. The summed E-state index contributed by atoms with van der Waals surface area (Å²) < 4.78 is 2.20. The van der Waals surface area contributed by atoms with E-state index in [9.17, 15) is 0 Å². The fourth-order valence-corrected chi connectivity index (χ4v) is 3.74. The number of fused-ring (bicyclic) bond motifs is 1. The summed E-state index contributed by atoms with van der Waals surface area (Å²) in [6.45, 7) is 2.20. The van der Waals surface area contributed by atoms with E-state index >= 15 is 0 Å². The molecule has 3 rings (SSSR count). The van der Waals surface area contributed by atoms with Crippen LogP contribution in [0.4, 0.5) is 0 Å². The van der Waals surface area contributed by atoms with Gasteiger partial charge >= 0.3 is 0 Å². The Hall–Kier alpha value is -1.65. The van der Waals surface area contributed by atoms with Gasteiger partial charge in [0.1, 0.15) is 5.82 Å². The molecule has 0 fully saturated rings. The van der Waals surface area contributed by atoms with E-state index in [1.165, 1.54) is 15.3 Å². The van der Waals surface area contributed by atoms with Gasteiger partial charge in [-0.1, -0.05) is 19.1 Å². The van der Waals surface area contributed by atoms with Crippen molar-refractivity contribution < 1.29 is 0 Å². The molecule has 1 aromatic carbocycles. The number of benzene rings is 1. The molecular formula is C17H21N3S. The number of thiophene rings is 1.